The summed E-state index contributed by atoms with van der Waals surface area (Å²) in [5.41, 5.74) is 0.671. The van der Waals surface area contributed by atoms with Gasteiger partial charge in [-0.15, -0.1) is 0 Å². The molecule has 0 bridgehead atoms. The molecule has 1 amide bonds. The van der Waals surface area contributed by atoms with Crippen LogP contribution in [0.5, 0.6) is 5.75 Å². The van der Waals surface area contributed by atoms with Gasteiger partial charge in [0.15, 0.2) is 6.61 Å². The number of sulfonamides is 1. The lowest BCUT2D eigenvalue weighted by Crippen LogP contribution is -2.35. The van der Waals surface area contributed by atoms with E-state index in [1.165, 1.54) is 26.2 Å². The van der Waals surface area contributed by atoms with Gasteiger partial charge in [0.25, 0.3) is 5.91 Å². The summed E-state index contributed by atoms with van der Waals surface area (Å²) in [6.07, 6.45) is 0. The third kappa shape index (κ3) is 5.84. The van der Waals surface area contributed by atoms with Crippen molar-refractivity contribution in [2.75, 3.05) is 27.2 Å². The van der Waals surface area contributed by atoms with Gasteiger partial charge in [0.2, 0.25) is 10.0 Å². The lowest BCUT2D eigenvalue weighted by atomic mass is 9.97. The second-order valence-corrected chi connectivity index (χ2v) is 8.99. The monoisotopic (exact) mass is 342 g/mol. The molecule has 0 aliphatic rings. The van der Waals surface area contributed by atoms with E-state index in [4.69, 9.17) is 4.74 Å². The van der Waals surface area contributed by atoms with Crippen molar-refractivity contribution in [2.45, 2.75) is 32.6 Å². The molecule has 0 atom stereocenters. The molecule has 1 rings (SSSR count). The number of amides is 1. The third-order valence-corrected chi connectivity index (χ3v) is 4.91. The summed E-state index contributed by atoms with van der Waals surface area (Å²) in [5, 5.41) is 2.80. The maximum absolute atomic E-state index is 12.1. The number of nitrogens with zero attached hydrogens (tertiary/aromatic N) is 1. The SMILES string of the molecule is Cc1cc(S(=O)(=O)N(C)C)ccc1OCC(=O)NCC(C)(C)C. The Kier molecular flexibility index (Phi) is 6.18. The fraction of sp³-hybridized carbons (Fsp3) is 0.562. The van der Waals surface area contributed by atoms with E-state index in [1.54, 1.807) is 13.0 Å². The van der Waals surface area contributed by atoms with Crippen LogP contribution < -0.4 is 10.1 Å². The number of hydrogen-bond acceptors (Lipinski definition) is 4. The number of aryl methyl sites for hydroxylation is 1. The Bertz CT molecular complexity index is 661. The van der Waals surface area contributed by atoms with Gasteiger partial charge in [-0.2, -0.15) is 0 Å². The van der Waals surface area contributed by atoms with Crippen molar-refractivity contribution in [3.8, 4) is 5.75 Å². The summed E-state index contributed by atoms with van der Waals surface area (Å²) in [6, 6.07) is 4.59. The van der Waals surface area contributed by atoms with Crippen molar-refractivity contribution in [3.05, 3.63) is 23.8 Å². The quantitative estimate of drug-likeness (QED) is 0.855. The highest BCUT2D eigenvalue weighted by molar-refractivity contribution is 7.89. The maximum atomic E-state index is 12.1. The van der Waals surface area contributed by atoms with Crippen molar-refractivity contribution < 1.29 is 17.9 Å². The molecule has 0 aliphatic carbocycles. The van der Waals surface area contributed by atoms with Crippen LogP contribution in [0.4, 0.5) is 0 Å². The van der Waals surface area contributed by atoms with Gasteiger partial charge in [0.1, 0.15) is 5.75 Å². The Morgan fingerprint density at radius 2 is 1.87 bits per heavy atom. The van der Waals surface area contributed by atoms with Crippen LogP contribution in [0.2, 0.25) is 0 Å². The molecule has 0 radical (unpaired) electrons. The van der Waals surface area contributed by atoms with Crippen LogP contribution in [0.15, 0.2) is 23.1 Å². The summed E-state index contributed by atoms with van der Waals surface area (Å²) in [4.78, 5) is 11.9. The predicted octanol–water partition coefficient (Wildman–Crippen LogP) is 1.79. The van der Waals surface area contributed by atoms with E-state index >= 15 is 0 Å². The number of carbonyl (C=O) groups excluding carboxylic acids is 1. The van der Waals surface area contributed by atoms with Crippen molar-refractivity contribution in [1.82, 2.24) is 9.62 Å². The Morgan fingerprint density at radius 1 is 1.26 bits per heavy atom. The van der Waals surface area contributed by atoms with Crippen LogP contribution in [0.1, 0.15) is 26.3 Å². The fourth-order valence-electron chi connectivity index (χ4n) is 1.71. The zero-order valence-electron chi connectivity index (χ0n) is 14.6. The van der Waals surface area contributed by atoms with Crippen LogP contribution in [0.25, 0.3) is 0 Å². The largest absolute Gasteiger partial charge is 0.484 e. The molecule has 0 aliphatic heterocycles. The molecule has 1 aromatic rings. The van der Waals surface area contributed by atoms with Gasteiger partial charge < -0.3 is 10.1 Å². The van der Waals surface area contributed by atoms with Crippen molar-refractivity contribution >= 4 is 15.9 Å². The van der Waals surface area contributed by atoms with Gasteiger partial charge in [-0.1, -0.05) is 20.8 Å². The van der Waals surface area contributed by atoms with Crippen LogP contribution >= 0.6 is 0 Å². The molecule has 0 spiro atoms. The van der Waals surface area contributed by atoms with E-state index in [1.807, 2.05) is 20.8 Å². The molecule has 6 nitrogen and oxygen atoms in total. The first-order valence-corrected chi connectivity index (χ1v) is 8.80. The first kappa shape index (κ1) is 19.4. The van der Waals surface area contributed by atoms with Crippen LogP contribution in [-0.2, 0) is 14.8 Å². The van der Waals surface area contributed by atoms with E-state index in [-0.39, 0.29) is 22.8 Å². The molecule has 1 N–H and O–H groups in total. The molecule has 0 saturated heterocycles. The molecule has 0 heterocycles. The van der Waals surface area contributed by atoms with E-state index in [0.717, 1.165) is 4.31 Å². The minimum atomic E-state index is -3.47. The van der Waals surface area contributed by atoms with E-state index in [9.17, 15) is 13.2 Å². The summed E-state index contributed by atoms with van der Waals surface area (Å²) >= 11 is 0. The number of hydrogen-bond donors (Lipinski definition) is 1. The average Bonchev–Trinajstić information content (AvgIpc) is 2.42. The van der Waals surface area contributed by atoms with Crippen LogP contribution in [0, 0.1) is 12.3 Å². The molecular weight excluding hydrogens is 316 g/mol. The highest BCUT2D eigenvalue weighted by Crippen LogP contribution is 2.23. The minimum Gasteiger partial charge on any atom is -0.484 e. The number of rotatable bonds is 6. The highest BCUT2D eigenvalue weighted by Gasteiger charge is 2.18. The van der Waals surface area contributed by atoms with Crippen LogP contribution in [-0.4, -0.2) is 45.9 Å². The van der Waals surface area contributed by atoms with Gasteiger partial charge >= 0.3 is 0 Å². The predicted molar refractivity (Wildman–Crippen MR) is 90.0 cm³/mol. The normalized spacial score (nSPS) is 12.3. The summed E-state index contributed by atoms with van der Waals surface area (Å²) < 4.78 is 30.7. The highest BCUT2D eigenvalue weighted by atomic mass is 32.2. The summed E-state index contributed by atoms with van der Waals surface area (Å²) in [6.45, 7) is 8.30. The lowest BCUT2D eigenvalue weighted by molar-refractivity contribution is -0.123. The number of ether oxygens (including phenoxy) is 1. The molecule has 23 heavy (non-hydrogen) atoms. The summed E-state index contributed by atoms with van der Waals surface area (Å²) in [7, 11) is -0.512. The average molecular weight is 342 g/mol. The lowest BCUT2D eigenvalue weighted by Gasteiger charge is -2.19. The number of nitrogens with one attached hydrogen (secondary N) is 1. The summed E-state index contributed by atoms with van der Waals surface area (Å²) in [5.74, 6) is 0.290. The number of benzene rings is 1. The Morgan fingerprint density at radius 3 is 2.35 bits per heavy atom. The second-order valence-electron chi connectivity index (χ2n) is 6.84. The van der Waals surface area contributed by atoms with Crippen molar-refractivity contribution in [2.24, 2.45) is 5.41 Å². The Balaban J connectivity index is 2.72. The minimum absolute atomic E-state index is 0.00770. The van der Waals surface area contributed by atoms with Crippen LogP contribution in [0.3, 0.4) is 0 Å². The molecule has 0 unspecified atom stereocenters. The van der Waals surface area contributed by atoms with Crippen molar-refractivity contribution in [3.63, 3.8) is 0 Å². The van der Waals surface area contributed by atoms with Gasteiger partial charge in [-0.05, 0) is 36.1 Å². The maximum Gasteiger partial charge on any atom is 0.257 e. The molecule has 0 fully saturated rings. The molecule has 7 heteroatoms. The molecule has 0 saturated carbocycles. The molecule has 1 aromatic carbocycles. The van der Waals surface area contributed by atoms with E-state index in [2.05, 4.69) is 5.32 Å². The standard InChI is InChI=1S/C16H26N2O4S/c1-12-9-13(23(20,21)18(5)6)7-8-14(12)22-10-15(19)17-11-16(2,3)4/h7-9H,10-11H2,1-6H3,(H,17,19). The van der Waals surface area contributed by atoms with Gasteiger partial charge in [-0.25, -0.2) is 12.7 Å². The van der Waals surface area contributed by atoms with Gasteiger partial charge in [-0.3, -0.25) is 4.79 Å². The van der Waals surface area contributed by atoms with Crippen molar-refractivity contribution in [1.29, 1.82) is 0 Å². The van der Waals surface area contributed by atoms with E-state index in [0.29, 0.717) is 17.9 Å². The number of carbonyl (C=O) groups is 1. The molecular formula is C16H26N2O4S. The Hall–Kier alpha value is -1.60. The third-order valence-electron chi connectivity index (χ3n) is 3.10. The first-order chi connectivity index (χ1) is 10.4. The van der Waals surface area contributed by atoms with Gasteiger partial charge in [0.05, 0.1) is 4.90 Å². The Labute approximate surface area is 138 Å². The zero-order valence-corrected chi connectivity index (χ0v) is 15.5. The second kappa shape index (κ2) is 7.31. The zero-order chi connectivity index (χ0) is 17.8. The smallest absolute Gasteiger partial charge is 0.257 e. The molecule has 0 aromatic heterocycles. The molecule has 130 valence electrons. The van der Waals surface area contributed by atoms with Gasteiger partial charge in [0, 0.05) is 20.6 Å². The topological polar surface area (TPSA) is 75.7 Å². The first-order valence-electron chi connectivity index (χ1n) is 7.36. The fourth-order valence-corrected chi connectivity index (χ4v) is 2.70. The van der Waals surface area contributed by atoms with E-state index < -0.39 is 10.0 Å².